The number of amides is 1. The van der Waals surface area contributed by atoms with E-state index in [4.69, 9.17) is 4.74 Å². The molecule has 0 aliphatic heterocycles. The van der Waals surface area contributed by atoms with E-state index in [0.29, 0.717) is 25.3 Å². The average Bonchev–Trinajstić information content (AvgIpc) is 2.67. The van der Waals surface area contributed by atoms with Crippen LogP contribution in [0.2, 0.25) is 0 Å². The van der Waals surface area contributed by atoms with Crippen LogP contribution in [0.25, 0.3) is 0 Å². The zero-order valence-corrected chi connectivity index (χ0v) is 10.4. The number of ether oxygens (including phenoxy) is 1. The van der Waals surface area contributed by atoms with E-state index in [0.717, 1.165) is 5.56 Å². The lowest BCUT2D eigenvalue weighted by molar-refractivity contribution is -0.120. The van der Waals surface area contributed by atoms with Gasteiger partial charge in [-0.1, -0.05) is 0 Å². The van der Waals surface area contributed by atoms with Gasteiger partial charge in [0, 0.05) is 26.2 Å². The Bertz CT molecular complexity index is 410. The van der Waals surface area contributed by atoms with Crippen LogP contribution >= 0.6 is 0 Å². The summed E-state index contributed by atoms with van der Waals surface area (Å²) in [5.74, 6) is -0.391. The van der Waals surface area contributed by atoms with Crippen LogP contribution in [0.5, 0.6) is 0 Å². The third kappa shape index (κ3) is 3.34. The van der Waals surface area contributed by atoms with Crippen LogP contribution in [-0.4, -0.2) is 30.1 Å². The van der Waals surface area contributed by atoms with Crippen molar-refractivity contribution in [3.63, 3.8) is 0 Å². The molecule has 94 valence electrons. The highest BCUT2D eigenvalue weighted by Crippen LogP contribution is 2.12. The molecule has 0 atom stereocenters. The summed E-state index contributed by atoms with van der Waals surface area (Å²) in [4.78, 5) is 22.9. The number of carbonyl (C=O) groups is 2. The lowest BCUT2D eigenvalue weighted by Gasteiger charge is -2.09. The number of rotatable bonds is 5. The Kier molecular flexibility index (Phi) is 4.75. The van der Waals surface area contributed by atoms with Crippen molar-refractivity contribution in [1.29, 1.82) is 0 Å². The van der Waals surface area contributed by atoms with Crippen molar-refractivity contribution < 1.29 is 14.3 Å². The normalized spacial score (nSPS) is 10.1. The number of nitrogens with zero attached hydrogens (tertiary/aromatic N) is 1. The zero-order chi connectivity index (χ0) is 12.8. The number of carbonyl (C=O) groups excluding carboxylic acids is 2. The molecule has 0 unspecified atom stereocenters. The van der Waals surface area contributed by atoms with Crippen LogP contribution in [-0.2, 0) is 16.1 Å². The minimum Gasteiger partial charge on any atom is -0.461 e. The Hall–Kier alpha value is -1.78. The molecule has 5 heteroatoms. The van der Waals surface area contributed by atoms with Gasteiger partial charge in [0.2, 0.25) is 5.91 Å². The maximum absolute atomic E-state index is 11.7. The molecule has 0 saturated carbocycles. The highest BCUT2D eigenvalue weighted by Gasteiger charge is 2.15. The third-order valence-electron chi connectivity index (χ3n) is 2.49. The van der Waals surface area contributed by atoms with Gasteiger partial charge in [0.05, 0.1) is 6.61 Å². The van der Waals surface area contributed by atoms with E-state index in [1.807, 2.05) is 13.0 Å². The molecule has 0 aliphatic rings. The van der Waals surface area contributed by atoms with Crippen LogP contribution in [0.3, 0.4) is 0 Å². The highest BCUT2D eigenvalue weighted by molar-refractivity contribution is 5.89. The van der Waals surface area contributed by atoms with Crippen molar-refractivity contribution in [1.82, 2.24) is 9.88 Å². The fraction of sp³-hybridized carbons (Fsp3) is 0.500. The lowest BCUT2D eigenvalue weighted by Crippen LogP contribution is -2.21. The van der Waals surface area contributed by atoms with Gasteiger partial charge in [-0.15, -0.1) is 0 Å². The first-order valence-corrected chi connectivity index (χ1v) is 5.63. The monoisotopic (exact) mass is 238 g/mol. The van der Waals surface area contributed by atoms with Crippen molar-refractivity contribution in [3.05, 3.63) is 23.5 Å². The summed E-state index contributed by atoms with van der Waals surface area (Å²) in [6, 6.07) is 1.84. The minimum absolute atomic E-state index is 0.0499. The fourth-order valence-corrected chi connectivity index (χ4v) is 1.59. The lowest BCUT2D eigenvalue weighted by atomic mass is 10.2. The standard InChI is InChI=1S/C12H18N2O3/c1-4-17-12(16)11-9(2)5-7-14(11)8-6-10(15)13-3/h5,7H,4,6,8H2,1-3H3,(H,13,15). The predicted molar refractivity (Wildman–Crippen MR) is 63.8 cm³/mol. The molecule has 0 fully saturated rings. The number of esters is 1. The van der Waals surface area contributed by atoms with Gasteiger partial charge in [-0.05, 0) is 25.5 Å². The Morgan fingerprint density at radius 2 is 2.18 bits per heavy atom. The maximum atomic E-state index is 11.7. The molecular weight excluding hydrogens is 220 g/mol. The first-order valence-electron chi connectivity index (χ1n) is 5.63. The van der Waals surface area contributed by atoms with Gasteiger partial charge in [-0.25, -0.2) is 4.79 Å². The van der Waals surface area contributed by atoms with E-state index in [1.165, 1.54) is 0 Å². The van der Waals surface area contributed by atoms with Crippen LogP contribution in [0.15, 0.2) is 12.3 Å². The fourth-order valence-electron chi connectivity index (χ4n) is 1.59. The van der Waals surface area contributed by atoms with Gasteiger partial charge >= 0.3 is 5.97 Å². The topological polar surface area (TPSA) is 60.3 Å². The van der Waals surface area contributed by atoms with Gasteiger partial charge in [0.15, 0.2) is 0 Å². The molecule has 1 aromatic heterocycles. The van der Waals surface area contributed by atoms with Crippen molar-refractivity contribution in [3.8, 4) is 0 Å². The van der Waals surface area contributed by atoms with Crippen molar-refractivity contribution in [2.45, 2.75) is 26.8 Å². The largest absolute Gasteiger partial charge is 0.461 e. The molecule has 1 amide bonds. The van der Waals surface area contributed by atoms with E-state index < -0.39 is 0 Å². The summed E-state index contributed by atoms with van der Waals surface area (Å²) in [6.07, 6.45) is 2.14. The summed E-state index contributed by atoms with van der Waals surface area (Å²) < 4.78 is 6.73. The molecule has 0 bridgehead atoms. The van der Waals surface area contributed by atoms with Crippen LogP contribution < -0.4 is 5.32 Å². The second kappa shape index (κ2) is 6.08. The molecule has 0 aromatic carbocycles. The Morgan fingerprint density at radius 1 is 1.47 bits per heavy atom. The van der Waals surface area contributed by atoms with E-state index >= 15 is 0 Å². The van der Waals surface area contributed by atoms with E-state index in [-0.39, 0.29) is 11.9 Å². The summed E-state index contributed by atoms with van der Waals surface area (Å²) >= 11 is 0. The van der Waals surface area contributed by atoms with E-state index in [2.05, 4.69) is 5.32 Å². The minimum atomic E-state index is -0.341. The van der Waals surface area contributed by atoms with Gasteiger partial charge in [0.1, 0.15) is 5.69 Å². The van der Waals surface area contributed by atoms with Gasteiger partial charge < -0.3 is 14.6 Å². The summed E-state index contributed by atoms with van der Waals surface area (Å²) in [5, 5.41) is 2.55. The van der Waals surface area contributed by atoms with Crippen LogP contribution in [0, 0.1) is 6.92 Å². The molecule has 5 nitrogen and oxygen atoms in total. The zero-order valence-electron chi connectivity index (χ0n) is 10.4. The maximum Gasteiger partial charge on any atom is 0.355 e. The van der Waals surface area contributed by atoms with Gasteiger partial charge in [-0.2, -0.15) is 0 Å². The van der Waals surface area contributed by atoms with E-state index in [9.17, 15) is 9.59 Å². The summed E-state index contributed by atoms with van der Waals surface area (Å²) in [7, 11) is 1.59. The summed E-state index contributed by atoms with van der Waals surface area (Å²) in [5.41, 5.74) is 1.39. The van der Waals surface area contributed by atoms with Crippen molar-refractivity contribution in [2.24, 2.45) is 0 Å². The molecule has 0 spiro atoms. The summed E-state index contributed by atoms with van der Waals surface area (Å²) in [6.45, 7) is 4.44. The Morgan fingerprint density at radius 3 is 2.76 bits per heavy atom. The first kappa shape index (κ1) is 13.3. The second-order valence-corrected chi connectivity index (χ2v) is 3.68. The van der Waals surface area contributed by atoms with Gasteiger partial charge in [0.25, 0.3) is 0 Å². The number of nitrogens with one attached hydrogen (secondary N) is 1. The predicted octanol–water partition coefficient (Wildman–Crippen LogP) is 1.11. The second-order valence-electron chi connectivity index (χ2n) is 3.68. The molecule has 1 heterocycles. The SMILES string of the molecule is CCOC(=O)c1c(C)ccn1CCC(=O)NC. The van der Waals surface area contributed by atoms with Crippen molar-refractivity contribution >= 4 is 11.9 Å². The van der Waals surface area contributed by atoms with Crippen LogP contribution in [0.4, 0.5) is 0 Å². The molecule has 1 N–H and O–H groups in total. The molecule has 0 saturated heterocycles. The quantitative estimate of drug-likeness (QED) is 0.782. The van der Waals surface area contributed by atoms with E-state index in [1.54, 1.807) is 24.7 Å². The Balaban J connectivity index is 2.79. The van der Waals surface area contributed by atoms with Gasteiger partial charge in [-0.3, -0.25) is 4.79 Å². The first-order chi connectivity index (χ1) is 8.10. The Labute approximate surface area is 101 Å². The molecule has 1 aromatic rings. The molecule has 17 heavy (non-hydrogen) atoms. The smallest absolute Gasteiger partial charge is 0.355 e. The number of aryl methyl sites for hydroxylation is 2. The van der Waals surface area contributed by atoms with Crippen molar-refractivity contribution in [2.75, 3.05) is 13.7 Å². The average molecular weight is 238 g/mol. The number of aromatic nitrogens is 1. The van der Waals surface area contributed by atoms with Crippen LogP contribution in [0.1, 0.15) is 29.4 Å². The number of hydrogen-bond acceptors (Lipinski definition) is 3. The molecular formula is C12H18N2O3. The molecule has 0 aliphatic carbocycles. The molecule has 1 rings (SSSR count). The number of hydrogen-bond donors (Lipinski definition) is 1. The third-order valence-corrected chi connectivity index (χ3v) is 2.49. The molecule has 0 radical (unpaired) electrons. The highest BCUT2D eigenvalue weighted by atomic mass is 16.5.